The number of aryl methyl sites for hydroxylation is 1. The number of allylic oxidation sites excluding steroid dienone is 4. The van der Waals surface area contributed by atoms with Crippen LogP contribution in [0.3, 0.4) is 0 Å². The van der Waals surface area contributed by atoms with E-state index in [0.717, 1.165) is 39.6 Å². The molecule has 0 bridgehead atoms. The van der Waals surface area contributed by atoms with Gasteiger partial charge >= 0.3 is 0 Å². The maximum Gasteiger partial charge on any atom is 0.134 e. The van der Waals surface area contributed by atoms with Crippen molar-refractivity contribution in [3.63, 3.8) is 0 Å². The highest BCUT2D eigenvalue weighted by atomic mass is 16.3. The Hall–Kier alpha value is -2.36. The predicted octanol–water partition coefficient (Wildman–Crippen LogP) is 3.92. The number of hydrogen-bond donors (Lipinski definition) is 2. The third-order valence-electron chi connectivity index (χ3n) is 4.15. The molecule has 0 saturated carbocycles. The second-order valence-corrected chi connectivity index (χ2v) is 5.69. The van der Waals surface area contributed by atoms with Crippen molar-refractivity contribution in [1.29, 1.82) is 0 Å². The van der Waals surface area contributed by atoms with Gasteiger partial charge in [-0.15, -0.1) is 0 Å². The summed E-state index contributed by atoms with van der Waals surface area (Å²) in [6.07, 6.45) is 3.07. The van der Waals surface area contributed by atoms with E-state index in [9.17, 15) is 5.11 Å². The van der Waals surface area contributed by atoms with Crippen LogP contribution in [0.25, 0.3) is 16.5 Å². The van der Waals surface area contributed by atoms with Crippen molar-refractivity contribution in [2.24, 2.45) is 0 Å². The summed E-state index contributed by atoms with van der Waals surface area (Å²) in [5.74, 6) is 0.956. The largest absolute Gasteiger partial charge is 0.512 e. The Bertz CT molecular complexity index is 803. The standard InChI is InChI=1S/C17H19N3O/c1-9-6-12(15-10(2)4-5-14(21)11(15)3)16-13(7-9)17(18)20-8-19-16/h6-8,21H,4-5H2,1-3H3,(H2,18,19,20). The molecule has 21 heavy (non-hydrogen) atoms. The molecular formula is C17H19N3O. The zero-order chi connectivity index (χ0) is 15.1. The van der Waals surface area contributed by atoms with Gasteiger partial charge in [0.15, 0.2) is 0 Å². The van der Waals surface area contributed by atoms with Crippen LogP contribution in [0, 0.1) is 6.92 Å². The SMILES string of the molecule is CC1=C(c2cc(C)cc3c(N)ncnc23)C(C)=C(O)CC1. The number of nitrogens with zero attached hydrogens (tertiary/aromatic N) is 2. The molecule has 2 aromatic rings. The van der Waals surface area contributed by atoms with Gasteiger partial charge in [-0.2, -0.15) is 0 Å². The van der Waals surface area contributed by atoms with Crippen LogP contribution in [0.15, 0.2) is 35.4 Å². The maximum absolute atomic E-state index is 10.1. The Morgan fingerprint density at radius 3 is 2.62 bits per heavy atom. The van der Waals surface area contributed by atoms with Crippen molar-refractivity contribution >= 4 is 22.3 Å². The van der Waals surface area contributed by atoms with Crippen LogP contribution in [0.1, 0.15) is 37.8 Å². The van der Waals surface area contributed by atoms with E-state index in [1.54, 1.807) is 0 Å². The molecule has 3 rings (SSSR count). The Morgan fingerprint density at radius 1 is 1.10 bits per heavy atom. The van der Waals surface area contributed by atoms with Gasteiger partial charge < -0.3 is 10.8 Å². The molecule has 0 amide bonds. The van der Waals surface area contributed by atoms with Gasteiger partial charge in [-0.05, 0) is 56.0 Å². The van der Waals surface area contributed by atoms with Crippen LogP contribution < -0.4 is 5.73 Å². The van der Waals surface area contributed by atoms with Crippen molar-refractivity contribution in [2.45, 2.75) is 33.6 Å². The fraction of sp³-hybridized carbons (Fsp3) is 0.294. The van der Waals surface area contributed by atoms with Crippen LogP contribution in [-0.2, 0) is 0 Å². The lowest BCUT2D eigenvalue weighted by Gasteiger charge is -2.21. The third-order valence-corrected chi connectivity index (χ3v) is 4.15. The van der Waals surface area contributed by atoms with Crippen LogP contribution in [-0.4, -0.2) is 15.1 Å². The van der Waals surface area contributed by atoms with Crippen LogP contribution in [0.4, 0.5) is 5.82 Å². The molecule has 108 valence electrons. The first kappa shape index (κ1) is 13.6. The van der Waals surface area contributed by atoms with E-state index in [0.29, 0.717) is 18.0 Å². The summed E-state index contributed by atoms with van der Waals surface area (Å²) in [6, 6.07) is 4.11. The number of nitrogens with two attached hydrogens (primary N) is 1. The van der Waals surface area contributed by atoms with Gasteiger partial charge in [-0.1, -0.05) is 5.57 Å². The van der Waals surface area contributed by atoms with Gasteiger partial charge in [0.05, 0.1) is 11.3 Å². The molecule has 4 heteroatoms. The minimum atomic E-state index is 0.465. The van der Waals surface area contributed by atoms with Crippen LogP contribution in [0.2, 0.25) is 0 Å². The van der Waals surface area contributed by atoms with E-state index in [1.165, 1.54) is 11.9 Å². The zero-order valence-electron chi connectivity index (χ0n) is 12.6. The third kappa shape index (κ3) is 2.17. The first-order chi connectivity index (χ1) is 9.99. The molecule has 4 nitrogen and oxygen atoms in total. The number of aromatic nitrogens is 2. The van der Waals surface area contributed by atoms with E-state index in [2.05, 4.69) is 23.0 Å². The van der Waals surface area contributed by atoms with E-state index in [1.807, 2.05) is 19.9 Å². The van der Waals surface area contributed by atoms with Crippen molar-refractivity contribution < 1.29 is 5.11 Å². The van der Waals surface area contributed by atoms with E-state index in [4.69, 9.17) is 5.73 Å². The molecule has 1 heterocycles. The Balaban J connectivity index is 2.38. The molecular weight excluding hydrogens is 262 g/mol. The lowest BCUT2D eigenvalue weighted by molar-refractivity contribution is 0.381. The highest BCUT2D eigenvalue weighted by molar-refractivity contribution is 6.00. The summed E-state index contributed by atoms with van der Waals surface area (Å²) >= 11 is 0. The molecule has 0 aliphatic heterocycles. The van der Waals surface area contributed by atoms with Gasteiger partial charge in [-0.25, -0.2) is 9.97 Å². The topological polar surface area (TPSA) is 72.0 Å². The summed E-state index contributed by atoms with van der Waals surface area (Å²) in [5.41, 5.74) is 12.3. The smallest absolute Gasteiger partial charge is 0.134 e. The van der Waals surface area contributed by atoms with Gasteiger partial charge in [0.1, 0.15) is 12.1 Å². The molecule has 1 aromatic carbocycles. The lowest BCUT2D eigenvalue weighted by Crippen LogP contribution is -2.04. The molecule has 3 N–H and O–H groups in total. The van der Waals surface area contributed by atoms with Crippen molar-refractivity contribution in [2.75, 3.05) is 5.73 Å². The average Bonchev–Trinajstić information content (AvgIpc) is 2.44. The molecule has 1 aromatic heterocycles. The van der Waals surface area contributed by atoms with Crippen LogP contribution >= 0.6 is 0 Å². The van der Waals surface area contributed by atoms with Crippen molar-refractivity contribution in [3.05, 3.63) is 46.5 Å². The number of fused-ring (bicyclic) bond motifs is 1. The fourth-order valence-corrected chi connectivity index (χ4v) is 3.04. The molecule has 0 spiro atoms. The molecule has 1 aliphatic rings. The highest BCUT2D eigenvalue weighted by Gasteiger charge is 2.20. The minimum Gasteiger partial charge on any atom is -0.512 e. The van der Waals surface area contributed by atoms with Crippen molar-refractivity contribution in [3.8, 4) is 0 Å². The van der Waals surface area contributed by atoms with Gasteiger partial charge in [-0.3, -0.25) is 0 Å². The Labute approximate surface area is 124 Å². The minimum absolute atomic E-state index is 0.465. The predicted molar refractivity (Wildman–Crippen MR) is 85.8 cm³/mol. The Morgan fingerprint density at radius 2 is 1.86 bits per heavy atom. The second kappa shape index (κ2) is 4.88. The Kier molecular flexibility index (Phi) is 3.16. The maximum atomic E-state index is 10.1. The van der Waals surface area contributed by atoms with E-state index >= 15 is 0 Å². The number of benzene rings is 1. The highest BCUT2D eigenvalue weighted by Crippen LogP contribution is 2.39. The number of rotatable bonds is 1. The molecule has 0 radical (unpaired) electrons. The molecule has 1 aliphatic carbocycles. The monoisotopic (exact) mass is 281 g/mol. The first-order valence-electron chi connectivity index (χ1n) is 7.09. The van der Waals surface area contributed by atoms with Gasteiger partial charge in [0.25, 0.3) is 0 Å². The summed E-state index contributed by atoms with van der Waals surface area (Å²) in [7, 11) is 0. The number of aliphatic hydroxyl groups excluding tert-OH is 1. The van der Waals surface area contributed by atoms with E-state index in [-0.39, 0.29) is 0 Å². The summed E-state index contributed by atoms with van der Waals surface area (Å²) in [4.78, 5) is 8.50. The van der Waals surface area contributed by atoms with Crippen LogP contribution in [0.5, 0.6) is 0 Å². The number of nitrogen functional groups attached to an aromatic ring is 1. The zero-order valence-corrected chi connectivity index (χ0v) is 12.6. The summed E-state index contributed by atoms with van der Waals surface area (Å²) < 4.78 is 0. The normalized spacial score (nSPS) is 16.0. The number of anilines is 1. The second-order valence-electron chi connectivity index (χ2n) is 5.69. The molecule has 0 atom stereocenters. The van der Waals surface area contributed by atoms with Gasteiger partial charge in [0, 0.05) is 17.4 Å². The quantitative estimate of drug-likeness (QED) is 0.831. The molecule has 0 saturated heterocycles. The average molecular weight is 281 g/mol. The number of aliphatic hydroxyl groups is 1. The summed E-state index contributed by atoms with van der Waals surface area (Å²) in [5, 5.41) is 11.0. The van der Waals surface area contributed by atoms with Gasteiger partial charge in [0.2, 0.25) is 0 Å². The lowest BCUT2D eigenvalue weighted by atomic mass is 9.85. The fourth-order valence-electron chi connectivity index (χ4n) is 3.04. The molecule has 0 fully saturated rings. The molecule has 0 unspecified atom stereocenters. The number of hydrogen-bond acceptors (Lipinski definition) is 4. The first-order valence-corrected chi connectivity index (χ1v) is 7.09. The van der Waals surface area contributed by atoms with Crippen molar-refractivity contribution in [1.82, 2.24) is 9.97 Å². The summed E-state index contributed by atoms with van der Waals surface area (Å²) in [6.45, 7) is 6.11. The van der Waals surface area contributed by atoms with E-state index < -0.39 is 0 Å².